The molecule has 0 saturated heterocycles. The highest BCUT2D eigenvalue weighted by Crippen LogP contribution is 2.33. The van der Waals surface area contributed by atoms with Gasteiger partial charge in [0, 0.05) is 5.56 Å². The minimum atomic E-state index is -3.95. The number of para-hydroxylation sites is 1. The van der Waals surface area contributed by atoms with Crippen LogP contribution in [0.2, 0.25) is 0 Å². The first kappa shape index (κ1) is 16.0. The molecule has 3 N–H and O–H groups in total. The maximum atomic E-state index is 12.3. The van der Waals surface area contributed by atoms with E-state index in [0.717, 1.165) is 17.4 Å². The average Bonchev–Trinajstić information content (AvgIpc) is 2.82. The largest absolute Gasteiger partial charge is 0.477 e. The molecule has 0 aliphatic rings. The van der Waals surface area contributed by atoms with E-state index in [-0.39, 0.29) is 25.9 Å². The third-order valence-electron chi connectivity index (χ3n) is 2.59. The SMILES string of the molecule is O=C(O)c1cc(S(=O)(=O)Nc2ccccc2CO)c(Br)s1. The van der Waals surface area contributed by atoms with Crippen LogP contribution in [0.15, 0.2) is 39.0 Å². The summed E-state index contributed by atoms with van der Waals surface area (Å²) in [4.78, 5) is 10.7. The van der Waals surface area contributed by atoms with Gasteiger partial charge in [-0.3, -0.25) is 4.72 Å². The zero-order valence-corrected chi connectivity index (χ0v) is 13.6. The molecule has 1 aromatic heterocycles. The van der Waals surface area contributed by atoms with Gasteiger partial charge in [-0.05, 0) is 28.1 Å². The van der Waals surface area contributed by atoms with Crippen molar-refractivity contribution in [3.8, 4) is 0 Å². The summed E-state index contributed by atoms with van der Waals surface area (Å²) in [5, 5.41) is 18.1. The van der Waals surface area contributed by atoms with Crippen LogP contribution in [0.5, 0.6) is 0 Å². The number of carboxylic acid groups (broad SMARTS) is 1. The number of aliphatic hydroxyl groups is 1. The number of aliphatic hydroxyl groups excluding tert-OH is 1. The van der Waals surface area contributed by atoms with Crippen LogP contribution in [0.25, 0.3) is 0 Å². The monoisotopic (exact) mass is 391 g/mol. The van der Waals surface area contributed by atoms with Crippen molar-refractivity contribution in [2.24, 2.45) is 0 Å². The average molecular weight is 392 g/mol. The summed E-state index contributed by atoms with van der Waals surface area (Å²) in [5.74, 6) is -1.20. The Kier molecular flexibility index (Phi) is 4.67. The minimum absolute atomic E-state index is 0.0855. The number of anilines is 1. The lowest BCUT2D eigenvalue weighted by Crippen LogP contribution is -2.14. The number of halogens is 1. The Morgan fingerprint density at radius 2 is 2.00 bits per heavy atom. The number of carboxylic acids is 1. The van der Waals surface area contributed by atoms with Crippen molar-refractivity contribution in [2.75, 3.05) is 4.72 Å². The van der Waals surface area contributed by atoms with Crippen LogP contribution >= 0.6 is 27.3 Å². The molecule has 1 aromatic carbocycles. The molecule has 0 fully saturated rings. The van der Waals surface area contributed by atoms with Gasteiger partial charge in [0.1, 0.15) is 9.77 Å². The molecule has 2 rings (SSSR count). The second-order valence-corrected chi connectivity index (χ2v) is 8.00. The second kappa shape index (κ2) is 6.14. The number of aromatic carboxylic acids is 1. The standard InChI is InChI=1S/C12H10BrNO5S2/c13-11-10(5-9(20-11)12(16)17)21(18,19)14-8-4-2-1-3-7(8)6-15/h1-5,14-15H,6H2,(H,16,17). The Hall–Kier alpha value is -1.42. The molecular formula is C12H10BrNO5S2. The summed E-state index contributed by atoms with van der Waals surface area (Å²) >= 11 is 3.88. The molecule has 6 nitrogen and oxygen atoms in total. The molecule has 2 aromatic rings. The van der Waals surface area contributed by atoms with Crippen LogP contribution in [0, 0.1) is 0 Å². The van der Waals surface area contributed by atoms with Crippen LogP contribution in [0.1, 0.15) is 15.2 Å². The first-order chi connectivity index (χ1) is 9.85. The lowest BCUT2D eigenvalue weighted by atomic mass is 10.2. The second-order valence-electron chi connectivity index (χ2n) is 3.97. The predicted molar refractivity (Wildman–Crippen MR) is 82.2 cm³/mol. The third kappa shape index (κ3) is 3.43. The molecular weight excluding hydrogens is 382 g/mol. The fourth-order valence-corrected chi connectivity index (χ4v) is 5.10. The summed E-state index contributed by atoms with van der Waals surface area (Å²) < 4.78 is 27.2. The van der Waals surface area contributed by atoms with Crippen molar-refractivity contribution in [1.82, 2.24) is 0 Å². The van der Waals surface area contributed by atoms with E-state index in [4.69, 9.17) is 5.11 Å². The third-order valence-corrected chi connectivity index (χ3v) is 6.19. The number of sulfonamides is 1. The molecule has 0 unspecified atom stereocenters. The summed E-state index contributed by atoms with van der Waals surface area (Å²) in [7, 11) is -3.95. The van der Waals surface area contributed by atoms with Gasteiger partial charge in [-0.1, -0.05) is 18.2 Å². The van der Waals surface area contributed by atoms with E-state index >= 15 is 0 Å². The molecule has 21 heavy (non-hydrogen) atoms. The van der Waals surface area contributed by atoms with E-state index in [0.29, 0.717) is 5.56 Å². The van der Waals surface area contributed by atoms with E-state index in [1.54, 1.807) is 18.2 Å². The number of nitrogens with one attached hydrogen (secondary N) is 1. The van der Waals surface area contributed by atoms with Crippen LogP contribution in [-0.2, 0) is 16.6 Å². The normalized spacial score (nSPS) is 11.3. The van der Waals surface area contributed by atoms with E-state index in [2.05, 4.69) is 20.7 Å². The molecule has 0 radical (unpaired) electrons. The van der Waals surface area contributed by atoms with Crippen molar-refractivity contribution in [3.05, 3.63) is 44.6 Å². The smallest absolute Gasteiger partial charge is 0.345 e. The van der Waals surface area contributed by atoms with Gasteiger partial charge >= 0.3 is 5.97 Å². The van der Waals surface area contributed by atoms with Gasteiger partial charge in [0.2, 0.25) is 0 Å². The van der Waals surface area contributed by atoms with Gasteiger partial charge in [-0.15, -0.1) is 11.3 Å². The molecule has 0 saturated carbocycles. The molecule has 0 amide bonds. The molecule has 0 atom stereocenters. The van der Waals surface area contributed by atoms with Crippen LogP contribution < -0.4 is 4.72 Å². The molecule has 9 heteroatoms. The van der Waals surface area contributed by atoms with Gasteiger partial charge in [0.15, 0.2) is 0 Å². The lowest BCUT2D eigenvalue weighted by molar-refractivity contribution is 0.0702. The molecule has 0 aliphatic heterocycles. The maximum absolute atomic E-state index is 12.3. The zero-order chi connectivity index (χ0) is 15.6. The first-order valence-electron chi connectivity index (χ1n) is 5.59. The molecule has 1 heterocycles. The number of hydrogen-bond donors (Lipinski definition) is 3. The van der Waals surface area contributed by atoms with E-state index in [9.17, 15) is 18.3 Å². The fraction of sp³-hybridized carbons (Fsp3) is 0.0833. The van der Waals surface area contributed by atoms with Gasteiger partial charge < -0.3 is 10.2 Å². The van der Waals surface area contributed by atoms with Gasteiger partial charge in [0.25, 0.3) is 10.0 Å². The highest BCUT2D eigenvalue weighted by atomic mass is 79.9. The predicted octanol–water partition coefficient (Wildman–Crippen LogP) is 2.50. The van der Waals surface area contributed by atoms with Crippen molar-refractivity contribution < 1.29 is 23.4 Å². The van der Waals surface area contributed by atoms with Crippen LogP contribution in [0.4, 0.5) is 5.69 Å². The van der Waals surface area contributed by atoms with E-state index < -0.39 is 16.0 Å². The molecule has 0 bridgehead atoms. The first-order valence-corrected chi connectivity index (χ1v) is 8.68. The zero-order valence-electron chi connectivity index (χ0n) is 10.4. The lowest BCUT2D eigenvalue weighted by Gasteiger charge is -2.10. The van der Waals surface area contributed by atoms with Crippen molar-refractivity contribution in [1.29, 1.82) is 0 Å². The maximum Gasteiger partial charge on any atom is 0.345 e. The molecule has 112 valence electrons. The Labute approximate surface area is 133 Å². The Bertz CT molecular complexity index is 785. The number of benzene rings is 1. The topological polar surface area (TPSA) is 104 Å². The van der Waals surface area contributed by atoms with E-state index in [1.807, 2.05) is 0 Å². The number of hydrogen-bond acceptors (Lipinski definition) is 5. The summed E-state index contributed by atoms with van der Waals surface area (Å²) in [5.41, 5.74) is 0.667. The number of thiophene rings is 1. The molecule has 0 aliphatic carbocycles. The summed E-state index contributed by atoms with van der Waals surface area (Å²) in [6.45, 7) is -0.316. The van der Waals surface area contributed by atoms with E-state index in [1.165, 1.54) is 6.07 Å². The van der Waals surface area contributed by atoms with Crippen molar-refractivity contribution >= 4 is 48.9 Å². The Morgan fingerprint density at radius 3 is 2.57 bits per heavy atom. The fourth-order valence-electron chi connectivity index (χ4n) is 1.60. The van der Waals surface area contributed by atoms with Crippen molar-refractivity contribution in [2.45, 2.75) is 11.5 Å². The van der Waals surface area contributed by atoms with Crippen molar-refractivity contribution in [3.63, 3.8) is 0 Å². The number of carbonyl (C=O) groups is 1. The van der Waals surface area contributed by atoms with Crippen LogP contribution in [-0.4, -0.2) is 24.6 Å². The highest BCUT2D eigenvalue weighted by Gasteiger charge is 2.23. The Morgan fingerprint density at radius 1 is 1.33 bits per heavy atom. The van der Waals surface area contributed by atoms with Gasteiger partial charge in [0.05, 0.1) is 16.1 Å². The quantitative estimate of drug-likeness (QED) is 0.726. The highest BCUT2D eigenvalue weighted by molar-refractivity contribution is 9.11. The summed E-state index contributed by atoms with van der Waals surface area (Å²) in [6.07, 6.45) is 0. The summed E-state index contributed by atoms with van der Waals surface area (Å²) in [6, 6.07) is 7.49. The van der Waals surface area contributed by atoms with Crippen LogP contribution in [0.3, 0.4) is 0 Å². The van der Waals surface area contributed by atoms with Gasteiger partial charge in [-0.2, -0.15) is 0 Å². The molecule has 0 spiro atoms. The van der Waals surface area contributed by atoms with Gasteiger partial charge in [-0.25, -0.2) is 13.2 Å². The number of rotatable bonds is 5. The minimum Gasteiger partial charge on any atom is -0.477 e. The Balaban J connectivity index is 2.41.